The summed E-state index contributed by atoms with van der Waals surface area (Å²) in [7, 11) is 0. The molecule has 104 valence electrons. The van der Waals surface area contributed by atoms with Crippen LogP contribution in [0.3, 0.4) is 0 Å². The molecule has 2 rings (SSSR count). The average molecular weight is 284 g/mol. The number of carbonyl (C=O) groups excluding carboxylic acids is 1. The third kappa shape index (κ3) is 3.47. The Balaban J connectivity index is 1.97. The largest absolute Gasteiger partial charge is 0.368 e. The van der Waals surface area contributed by atoms with Crippen LogP contribution in [-0.2, 0) is 4.79 Å². The average Bonchev–Trinajstić information content (AvgIpc) is 2.38. The van der Waals surface area contributed by atoms with Crippen LogP contribution in [0.4, 0.5) is 11.8 Å². The van der Waals surface area contributed by atoms with Crippen molar-refractivity contribution in [1.82, 2.24) is 15.3 Å². The van der Waals surface area contributed by atoms with Gasteiger partial charge >= 0.3 is 0 Å². The summed E-state index contributed by atoms with van der Waals surface area (Å²) in [6.07, 6.45) is 1.63. The number of hydrogen-bond acceptors (Lipinski definition) is 5. The number of anilines is 2. The monoisotopic (exact) mass is 283 g/mol. The summed E-state index contributed by atoms with van der Waals surface area (Å²) in [5.41, 5.74) is 5.58. The molecule has 0 spiro atoms. The third-order valence-corrected chi connectivity index (χ3v) is 3.43. The minimum absolute atomic E-state index is 0.0888. The first-order valence-corrected chi connectivity index (χ1v) is 6.80. The van der Waals surface area contributed by atoms with Gasteiger partial charge in [-0.25, -0.2) is 4.98 Å². The van der Waals surface area contributed by atoms with Crippen LogP contribution in [0, 0.1) is 5.92 Å². The molecule has 0 unspecified atom stereocenters. The van der Waals surface area contributed by atoms with Crippen molar-refractivity contribution in [3.63, 3.8) is 0 Å². The lowest BCUT2D eigenvalue weighted by molar-refractivity contribution is -0.125. The smallest absolute Gasteiger partial charge is 0.223 e. The number of nitrogen functional groups attached to an aromatic ring is 1. The second-order valence-electron chi connectivity index (χ2n) is 4.56. The maximum absolute atomic E-state index is 11.8. The van der Waals surface area contributed by atoms with E-state index in [0.29, 0.717) is 11.7 Å². The van der Waals surface area contributed by atoms with Gasteiger partial charge in [-0.1, -0.05) is 11.6 Å². The predicted octanol–water partition coefficient (Wildman–Crippen LogP) is 1.06. The first-order chi connectivity index (χ1) is 9.10. The van der Waals surface area contributed by atoms with Gasteiger partial charge in [0.15, 0.2) is 0 Å². The highest BCUT2D eigenvalue weighted by Gasteiger charge is 2.25. The Morgan fingerprint density at radius 3 is 2.79 bits per heavy atom. The van der Waals surface area contributed by atoms with Crippen molar-refractivity contribution in [3.8, 4) is 0 Å². The zero-order valence-electron chi connectivity index (χ0n) is 10.9. The van der Waals surface area contributed by atoms with Gasteiger partial charge in [0.1, 0.15) is 11.0 Å². The maximum Gasteiger partial charge on any atom is 0.223 e. The molecule has 7 heteroatoms. The molecule has 0 bridgehead atoms. The fourth-order valence-electron chi connectivity index (χ4n) is 2.27. The van der Waals surface area contributed by atoms with Crippen molar-refractivity contribution in [1.29, 1.82) is 0 Å². The molecule has 1 amide bonds. The van der Waals surface area contributed by atoms with E-state index in [2.05, 4.69) is 20.2 Å². The van der Waals surface area contributed by atoms with Gasteiger partial charge in [-0.3, -0.25) is 4.79 Å². The first kappa shape index (κ1) is 13.9. The lowest BCUT2D eigenvalue weighted by Crippen LogP contribution is -2.40. The van der Waals surface area contributed by atoms with Crippen molar-refractivity contribution in [3.05, 3.63) is 11.2 Å². The van der Waals surface area contributed by atoms with Crippen molar-refractivity contribution >= 4 is 29.3 Å². The number of nitrogens with one attached hydrogen (secondary N) is 1. The van der Waals surface area contributed by atoms with Crippen LogP contribution >= 0.6 is 11.6 Å². The molecule has 3 N–H and O–H groups in total. The fraction of sp³-hybridized carbons (Fsp3) is 0.583. The minimum atomic E-state index is 0.0888. The Morgan fingerprint density at radius 1 is 1.53 bits per heavy atom. The Kier molecular flexibility index (Phi) is 4.42. The lowest BCUT2D eigenvalue weighted by atomic mass is 9.96. The molecule has 0 aromatic carbocycles. The summed E-state index contributed by atoms with van der Waals surface area (Å²) in [4.78, 5) is 21.8. The molecule has 1 aromatic rings. The number of halogens is 1. The molecule has 6 nitrogen and oxygen atoms in total. The molecule has 2 heterocycles. The quantitative estimate of drug-likeness (QED) is 0.811. The molecule has 0 radical (unpaired) electrons. The SMILES string of the molecule is CCNC(=O)C1CCN(c2cc(Cl)nc(N)n2)CC1. The number of nitrogens with two attached hydrogens (primary N) is 1. The minimum Gasteiger partial charge on any atom is -0.368 e. The molecular weight excluding hydrogens is 266 g/mol. The molecule has 19 heavy (non-hydrogen) atoms. The Bertz CT molecular complexity index is 439. The Morgan fingerprint density at radius 2 is 2.21 bits per heavy atom. The summed E-state index contributed by atoms with van der Waals surface area (Å²) in [6.45, 7) is 4.15. The van der Waals surface area contributed by atoms with Gasteiger partial charge in [-0.05, 0) is 19.8 Å². The molecule has 0 aliphatic carbocycles. The third-order valence-electron chi connectivity index (χ3n) is 3.24. The zero-order chi connectivity index (χ0) is 13.8. The van der Waals surface area contributed by atoms with E-state index in [-0.39, 0.29) is 17.8 Å². The number of amides is 1. The van der Waals surface area contributed by atoms with E-state index in [0.717, 1.165) is 31.7 Å². The molecular formula is C12H18ClN5O. The summed E-state index contributed by atoms with van der Waals surface area (Å²) >= 11 is 5.87. The number of rotatable bonds is 3. The van der Waals surface area contributed by atoms with E-state index >= 15 is 0 Å². The summed E-state index contributed by atoms with van der Waals surface area (Å²) in [5.74, 6) is 1.13. The van der Waals surface area contributed by atoms with Crippen molar-refractivity contribution in [2.75, 3.05) is 30.3 Å². The molecule has 1 aliphatic heterocycles. The number of carbonyl (C=O) groups is 1. The first-order valence-electron chi connectivity index (χ1n) is 6.43. The summed E-state index contributed by atoms with van der Waals surface area (Å²) < 4.78 is 0. The second kappa shape index (κ2) is 6.06. The van der Waals surface area contributed by atoms with E-state index in [4.69, 9.17) is 17.3 Å². The zero-order valence-corrected chi connectivity index (χ0v) is 11.7. The molecule has 1 aromatic heterocycles. The van der Waals surface area contributed by atoms with Crippen molar-refractivity contribution in [2.24, 2.45) is 5.92 Å². The van der Waals surface area contributed by atoms with Crippen LogP contribution < -0.4 is 16.0 Å². The number of aromatic nitrogens is 2. The molecule has 1 fully saturated rings. The van der Waals surface area contributed by atoms with Crippen LogP contribution in [0.5, 0.6) is 0 Å². The molecule has 1 saturated heterocycles. The van der Waals surface area contributed by atoms with Gasteiger partial charge in [0.05, 0.1) is 0 Å². The van der Waals surface area contributed by atoms with Crippen LogP contribution in [-0.4, -0.2) is 35.5 Å². The van der Waals surface area contributed by atoms with Gasteiger partial charge < -0.3 is 16.0 Å². The van der Waals surface area contributed by atoms with Crippen molar-refractivity contribution < 1.29 is 4.79 Å². The van der Waals surface area contributed by atoms with Crippen LogP contribution in [0.1, 0.15) is 19.8 Å². The number of nitrogens with zero attached hydrogens (tertiary/aromatic N) is 3. The van der Waals surface area contributed by atoms with E-state index in [9.17, 15) is 4.79 Å². The normalized spacial score (nSPS) is 16.4. The fourth-order valence-corrected chi connectivity index (χ4v) is 2.46. The van der Waals surface area contributed by atoms with Crippen LogP contribution in [0.2, 0.25) is 5.15 Å². The van der Waals surface area contributed by atoms with Gasteiger partial charge in [-0.2, -0.15) is 4.98 Å². The topological polar surface area (TPSA) is 84.1 Å². The van der Waals surface area contributed by atoms with E-state index in [1.165, 1.54) is 0 Å². The van der Waals surface area contributed by atoms with Gasteiger partial charge in [0.2, 0.25) is 11.9 Å². The Hall–Kier alpha value is -1.56. The highest BCUT2D eigenvalue weighted by Crippen LogP contribution is 2.24. The van der Waals surface area contributed by atoms with Crippen LogP contribution in [0.25, 0.3) is 0 Å². The maximum atomic E-state index is 11.8. The van der Waals surface area contributed by atoms with E-state index < -0.39 is 0 Å². The molecule has 0 saturated carbocycles. The highest BCUT2D eigenvalue weighted by atomic mass is 35.5. The lowest BCUT2D eigenvalue weighted by Gasteiger charge is -2.32. The van der Waals surface area contributed by atoms with Crippen molar-refractivity contribution in [2.45, 2.75) is 19.8 Å². The Labute approximate surface area is 117 Å². The van der Waals surface area contributed by atoms with Crippen LogP contribution in [0.15, 0.2) is 6.07 Å². The molecule has 0 atom stereocenters. The van der Waals surface area contributed by atoms with Gasteiger partial charge in [0.25, 0.3) is 0 Å². The predicted molar refractivity (Wildman–Crippen MR) is 75.1 cm³/mol. The van der Waals surface area contributed by atoms with Gasteiger partial charge in [-0.15, -0.1) is 0 Å². The van der Waals surface area contributed by atoms with E-state index in [1.54, 1.807) is 6.07 Å². The highest BCUT2D eigenvalue weighted by molar-refractivity contribution is 6.29. The molecule has 1 aliphatic rings. The summed E-state index contributed by atoms with van der Waals surface area (Å²) in [6, 6.07) is 1.70. The number of hydrogen-bond donors (Lipinski definition) is 2. The number of piperidine rings is 1. The van der Waals surface area contributed by atoms with Gasteiger partial charge in [0, 0.05) is 31.6 Å². The summed E-state index contributed by atoms with van der Waals surface area (Å²) in [5, 5.41) is 3.20. The second-order valence-corrected chi connectivity index (χ2v) is 4.95. The van der Waals surface area contributed by atoms with E-state index in [1.807, 2.05) is 6.92 Å². The standard InChI is InChI=1S/C12H18ClN5O/c1-2-15-11(19)8-3-5-18(6-4-8)10-7-9(13)16-12(14)17-10/h7-8H,2-6H2,1H3,(H,15,19)(H2,14,16,17).